The number of halogens is 1. The summed E-state index contributed by atoms with van der Waals surface area (Å²) < 4.78 is 14.3. The van der Waals surface area contributed by atoms with Crippen LogP contribution in [0.3, 0.4) is 0 Å². The summed E-state index contributed by atoms with van der Waals surface area (Å²) in [6, 6.07) is 8.70. The van der Waals surface area contributed by atoms with Gasteiger partial charge in [-0.2, -0.15) is 0 Å². The van der Waals surface area contributed by atoms with Gasteiger partial charge >= 0.3 is 6.03 Å². The summed E-state index contributed by atoms with van der Waals surface area (Å²) in [6.07, 6.45) is 1.30. The molecule has 0 radical (unpaired) electrons. The van der Waals surface area contributed by atoms with E-state index in [1.54, 1.807) is 4.90 Å². The van der Waals surface area contributed by atoms with Crippen LogP contribution >= 0.6 is 0 Å². The number of imide groups is 1. The Hall–Kier alpha value is -3.75. The molecule has 0 saturated carbocycles. The first-order valence-corrected chi connectivity index (χ1v) is 10.8. The zero-order valence-electron chi connectivity index (χ0n) is 18.5. The molecule has 5 amide bonds. The first kappa shape index (κ1) is 22.4. The minimum absolute atomic E-state index is 0.109. The molecule has 0 bridgehead atoms. The topological polar surface area (TPSA) is 98.8 Å². The number of nitrogens with zero attached hydrogens (tertiary/aromatic N) is 2. The number of hydrogen-bond donors (Lipinski definition) is 2. The van der Waals surface area contributed by atoms with E-state index in [0.29, 0.717) is 24.9 Å². The number of piperidine rings is 1. The highest BCUT2D eigenvalue weighted by atomic mass is 19.1. The molecule has 172 valence electrons. The van der Waals surface area contributed by atoms with Gasteiger partial charge in [0.05, 0.1) is 18.2 Å². The Bertz CT molecular complexity index is 1110. The Kier molecular flexibility index (Phi) is 6.13. The Morgan fingerprint density at radius 1 is 1.09 bits per heavy atom. The normalized spacial score (nSPS) is 18.3. The molecule has 2 aliphatic rings. The van der Waals surface area contributed by atoms with E-state index >= 15 is 0 Å². The number of rotatable bonds is 4. The number of benzene rings is 2. The van der Waals surface area contributed by atoms with E-state index in [0.717, 1.165) is 22.1 Å². The van der Waals surface area contributed by atoms with Gasteiger partial charge in [0.1, 0.15) is 5.82 Å². The second-order valence-corrected chi connectivity index (χ2v) is 8.51. The average molecular weight is 452 g/mol. The van der Waals surface area contributed by atoms with Crippen LogP contribution in [0.25, 0.3) is 0 Å². The summed E-state index contributed by atoms with van der Waals surface area (Å²) in [6.45, 7) is 4.52. The predicted molar refractivity (Wildman–Crippen MR) is 120 cm³/mol. The number of urea groups is 1. The van der Waals surface area contributed by atoms with Crippen LogP contribution < -0.4 is 15.5 Å². The van der Waals surface area contributed by atoms with Crippen LogP contribution in [-0.4, -0.2) is 48.3 Å². The molecule has 9 heteroatoms. The smallest absolute Gasteiger partial charge is 0.329 e. The van der Waals surface area contributed by atoms with Crippen molar-refractivity contribution < 1.29 is 23.6 Å². The lowest BCUT2D eigenvalue weighted by atomic mass is 9.96. The van der Waals surface area contributed by atoms with Crippen LogP contribution in [0.4, 0.5) is 20.6 Å². The molecule has 33 heavy (non-hydrogen) atoms. The predicted octanol–water partition coefficient (Wildman–Crippen LogP) is 2.99. The van der Waals surface area contributed by atoms with Gasteiger partial charge in [0.15, 0.2) is 0 Å². The number of carbonyl (C=O) groups excluding carboxylic acids is 4. The molecule has 2 saturated heterocycles. The molecule has 0 spiro atoms. The Morgan fingerprint density at radius 2 is 1.82 bits per heavy atom. The first-order chi connectivity index (χ1) is 15.7. The molecule has 8 nitrogen and oxygen atoms in total. The zero-order valence-corrected chi connectivity index (χ0v) is 18.5. The van der Waals surface area contributed by atoms with Gasteiger partial charge in [-0.25, -0.2) is 14.1 Å². The summed E-state index contributed by atoms with van der Waals surface area (Å²) in [5.74, 6) is -2.17. The van der Waals surface area contributed by atoms with Crippen LogP contribution in [0, 0.1) is 25.6 Å². The Labute approximate surface area is 190 Å². The summed E-state index contributed by atoms with van der Waals surface area (Å²) in [5.41, 5.74) is 2.65. The van der Waals surface area contributed by atoms with Crippen LogP contribution in [-0.2, 0) is 9.59 Å². The largest absolute Gasteiger partial charge is 0.338 e. The SMILES string of the molecule is Cc1cc(C)cc(C(=O)N2CCCC(C(=O)Nc3ccc(F)c(N4C(=O)CNC4=O)c3)C2)c1. The van der Waals surface area contributed by atoms with E-state index in [9.17, 15) is 23.6 Å². The maximum Gasteiger partial charge on any atom is 0.329 e. The summed E-state index contributed by atoms with van der Waals surface area (Å²) in [4.78, 5) is 52.1. The summed E-state index contributed by atoms with van der Waals surface area (Å²) in [7, 11) is 0. The lowest BCUT2D eigenvalue weighted by molar-refractivity contribution is -0.121. The number of carbonyl (C=O) groups is 4. The molecule has 2 aliphatic heterocycles. The van der Waals surface area contributed by atoms with Gasteiger partial charge in [0.2, 0.25) is 5.91 Å². The van der Waals surface area contributed by atoms with E-state index in [1.165, 1.54) is 12.1 Å². The Balaban J connectivity index is 1.46. The van der Waals surface area contributed by atoms with Crippen molar-refractivity contribution in [3.63, 3.8) is 0 Å². The lowest BCUT2D eigenvalue weighted by Crippen LogP contribution is -2.43. The fourth-order valence-corrected chi connectivity index (χ4v) is 4.33. The fraction of sp³-hybridized carbons (Fsp3) is 0.333. The van der Waals surface area contributed by atoms with Crippen molar-refractivity contribution in [2.45, 2.75) is 26.7 Å². The molecule has 0 aliphatic carbocycles. The average Bonchev–Trinajstić information content (AvgIpc) is 3.11. The second kappa shape index (κ2) is 9.01. The lowest BCUT2D eigenvalue weighted by Gasteiger charge is -2.32. The fourth-order valence-electron chi connectivity index (χ4n) is 4.33. The van der Waals surface area contributed by atoms with Gasteiger partial charge in [-0.3, -0.25) is 14.4 Å². The van der Waals surface area contributed by atoms with Gasteiger partial charge in [-0.1, -0.05) is 17.2 Å². The molecular formula is C24H25FN4O4. The number of aryl methyl sites for hydroxylation is 2. The monoisotopic (exact) mass is 452 g/mol. The van der Waals surface area contributed by atoms with Crippen molar-refractivity contribution in [2.75, 3.05) is 29.9 Å². The highest BCUT2D eigenvalue weighted by Crippen LogP contribution is 2.27. The molecular weight excluding hydrogens is 427 g/mol. The molecule has 1 unspecified atom stereocenters. The van der Waals surface area contributed by atoms with E-state index in [2.05, 4.69) is 10.6 Å². The van der Waals surface area contributed by atoms with Crippen LogP contribution in [0.1, 0.15) is 34.3 Å². The van der Waals surface area contributed by atoms with Gasteiger partial charge < -0.3 is 15.5 Å². The molecule has 1 atom stereocenters. The number of likely N-dealkylation sites (tertiary alicyclic amines) is 1. The maximum atomic E-state index is 14.3. The molecule has 2 aromatic rings. The van der Waals surface area contributed by atoms with Gasteiger partial charge in [-0.15, -0.1) is 0 Å². The first-order valence-electron chi connectivity index (χ1n) is 10.8. The molecule has 0 aromatic heterocycles. The molecule has 2 heterocycles. The van der Waals surface area contributed by atoms with Crippen molar-refractivity contribution in [2.24, 2.45) is 5.92 Å². The number of anilines is 2. The minimum atomic E-state index is -0.749. The quantitative estimate of drug-likeness (QED) is 0.697. The van der Waals surface area contributed by atoms with Crippen LogP contribution in [0.15, 0.2) is 36.4 Å². The van der Waals surface area contributed by atoms with E-state index in [4.69, 9.17) is 0 Å². The van der Waals surface area contributed by atoms with E-state index in [1.807, 2.05) is 32.0 Å². The molecule has 4 rings (SSSR count). The minimum Gasteiger partial charge on any atom is -0.338 e. The number of nitrogens with one attached hydrogen (secondary N) is 2. The van der Waals surface area contributed by atoms with Crippen LogP contribution in [0.5, 0.6) is 0 Å². The summed E-state index contributed by atoms with van der Waals surface area (Å²) in [5, 5.41) is 5.08. The number of amides is 5. The highest BCUT2D eigenvalue weighted by molar-refractivity contribution is 6.20. The van der Waals surface area contributed by atoms with Crippen molar-refractivity contribution in [3.05, 3.63) is 58.9 Å². The van der Waals surface area contributed by atoms with Crippen molar-refractivity contribution >= 4 is 35.1 Å². The van der Waals surface area contributed by atoms with Crippen molar-refractivity contribution in [3.8, 4) is 0 Å². The third-order valence-electron chi connectivity index (χ3n) is 5.85. The van der Waals surface area contributed by atoms with Gasteiger partial charge in [-0.05, 0) is 57.0 Å². The van der Waals surface area contributed by atoms with E-state index in [-0.39, 0.29) is 36.3 Å². The van der Waals surface area contributed by atoms with E-state index < -0.39 is 23.7 Å². The number of hydrogen-bond acceptors (Lipinski definition) is 4. The summed E-state index contributed by atoms with van der Waals surface area (Å²) >= 11 is 0. The standard InChI is InChI=1S/C24H25FN4O4/c1-14-8-15(2)10-17(9-14)23(32)28-7-3-4-16(13-28)22(31)27-18-5-6-19(25)20(11-18)29-21(30)12-26-24(29)33/h5-6,8-11,16H,3-4,7,12-13H2,1-2H3,(H,26,33)(H,27,31). The molecule has 2 fully saturated rings. The maximum absolute atomic E-state index is 14.3. The van der Waals surface area contributed by atoms with Crippen LogP contribution in [0.2, 0.25) is 0 Å². The second-order valence-electron chi connectivity index (χ2n) is 8.51. The van der Waals surface area contributed by atoms with Gasteiger partial charge in [0.25, 0.3) is 11.8 Å². The zero-order chi connectivity index (χ0) is 23.7. The Morgan fingerprint density at radius 3 is 2.48 bits per heavy atom. The third kappa shape index (κ3) is 4.72. The highest BCUT2D eigenvalue weighted by Gasteiger charge is 2.33. The molecule has 2 aromatic carbocycles. The van der Waals surface area contributed by atoms with Gasteiger partial charge in [0, 0.05) is 24.3 Å². The van der Waals surface area contributed by atoms with Crippen molar-refractivity contribution in [1.29, 1.82) is 0 Å². The third-order valence-corrected chi connectivity index (χ3v) is 5.85. The molecule has 2 N–H and O–H groups in total. The van der Waals surface area contributed by atoms with Crippen molar-refractivity contribution in [1.82, 2.24) is 10.2 Å².